The number of pyridine rings is 1. The molecule has 0 fully saturated rings. The predicted molar refractivity (Wildman–Crippen MR) is 46.2 cm³/mol. The van der Waals surface area contributed by atoms with E-state index in [1.54, 1.807) is 6.07 Å². The molecule has 0 N–H and O–H groups in total. The van der Waals surface area contributed by atoms with Crippen LogP contribution < -0.4 is 0 Å². The molecule has 0 aliphatic heterocycles. The summed E-state index contributed by atoms with van der Waals surface area (Å²) in [4.78, 5) is 3.15. The van der Waals surface area contributed by atoms with E-state index in [4.69, 9.17) is 5.26 Å². The molecule has 6 heteroatoms. The molecule has 1 aromatic rings. The van der Waals surface area contributed by atoms with E-state index in [1.807, 2.05) is 0 Å². The average Bonchev–Trinajstić information content (AvgIpc) is 2.10. The largest absolute Gasteiger partial charge is 0.269 e. The van der Waals surface area contributed by atoms with Crippen molar-refractivity contribution < 1.29 is 13.2 Å². The van der Waals surface area contributed by atoms with E-state index in [2.05, 4.69) is 20.9 Å². The fraction of sp³-hybridized carbons (Fsp3) is 0.250. The lowest BCUT2D eigenvalue weighted by Gasteiger charge is -2.06. The summed E-state index contributed by atoms with van der Waals surface area (Å²) in [5.41, 5.74) is -0.540. The Morgan fingerprint density at radius 1 is 1.57 bits per heavy atom. The van der Waals surface area contributed by atoms with E-state index in [-0.39, 0.29) is 16.5 Å². The summed E-state index contributed by atoms with van der Waals surface area (Å²) in [6.45, 7) is 0. The van der Waals surface area contributed by atoms with Gasteiger partial charge >= 0.3 is 0 Å². The molecular weight excluding hydrogens is 261 g/mol. The van der Waals surface area contributed by atoms with Gasteiger partial charge in [-0.05, 0) is 21.5 Å². The van der Waals surface area contributed by atoms with Gasteiger partial charge in [-0.15, -0.1) is 0 Å². The van der Waals surface area contributed by atoms with Crippen molar-refractivity contribution in [3.8, 4) is 6.07 Å². The molecule has 0 atom stereocenters. The predicted octanol–water partition coefficient (Wildman–Crippen LogP) is 2.99. The van der Waals surface area contributed by atoms with Crippen molar-refractivity contribution in [3.63, 3.8) is 0 Å². The van der Waals surface area contributed by atoms with E-state index in [0.717, 1.165) is 6.20 Å². The smallest absolute Gasteiger partial charge is 0.228 e. The number of alkyl halides is 2. The van der Waals surface area contributed by atoms with Gasteiger partial charge in [0.15, 0.2) is 0 Å². The molecule has 0 spiro atoms. The average molecular weight is 265 g/mol. The molecule has 0 saturated carbocycles. The van der Waals surface area contributed by atoms with Gasteiger partial charge in [-0.2, -0.15) is 9.65 Å². The van der Waals surface area contributed by atoms with Crippen LogP contribution in [0, 0.1) is 17.3 Å². The first-order valence-corrected chi connectivity index (χ1v) is 4.35. The molecule has 74 valence electrons. The van der Waals surface area contributed by atoms with Crippen molar-refractivity contribution >= 4 is 15.9 Å². The minimum Gasteiger partial charge on any atom is -0.228 e. The second kappa shape index (κ2) is 4.42. The Kier molecular flexibility index (Phi) is 3.47. The number of aromatic nitrogens is 1. The van der Waals surface area contributed by atoms with E-state index in [9.17, 15) is 13.2 Å². The van der Waals surface area contributed by atoms with E-state index in [0.29, 0.717) is 0 Å². The van der Waals surface area contributed by atoms with Crippen LogP contribution in [0.5, 0.6) is 0 Å². The van der Waals surface area contributed by atoms with E-state index < -0.39 is 17.9 Å². The Labute approximate surface area is 86.5 Å². The Morgan fingerprint density at radius 3 is 2.71 bits per heavy atom. The van der Waals surface area contributed by atoms with Crippen LogP contribution >= 0.6 is 15.9 Å². The van der Waals surface area contributed by atoms with Crippen LogP contribution in [-0.2, 0) is 6.42 Å². The SMILES string of the molecule is N#CCc1cnc(F)c(C(F)F)c1Br. The zero-order valence-corrected chi connectivity index (χ0v) is 8.35. The molecule has 1 aromatic heterocycles. The zero-order valence-electron chi connectivity index (χ0n) is 6.77. The highest BCUT2D eigenvalue weighted by atomic mass is 79.9. The number of nitriles is 1. The van der Waals surface area contributed by atoms with Gasteiger partial charge in [-0.25, -0.2) is 13.8 Å². The van der Waals surface area contributed by atoms with Crippen molar-refractivity contribution in [2.24, 2.45) is 0 Å². The minimum absolute atomic E-state index is 0.0819. The number of hydrogen-bond donors (Lipinski definition) is 0. The van der Waals surface area contributed by atoms with Crippen molar-refractivity contribution in [2.45, 2.75) is 12.8 Å². The summed E-state index contributed by atoms with van der Waals surface area (Å²) < 4.78 is 37.4. The summed E-state index contributed by atoms with van der Waals surface area (Å²) in [7, 11) is 0. The topological polar surface area (TPSA) is 36.7 Å². The van der Waals surface area contributed by atoms with Crippen molar-refractivity contribution in [2.75, 3.05) is 0 Å². The quantitative estimate of drug-likeness (QED) is 0.771. The Balaban J connectivity index is 3.28. The lowest BCUT2D eigenvalue weighted by Crippen LogP contribution is -2.00. The van der Waals surface area contributed by atoms with Crippen LogP contribution in [0.3, 0.4) is 0 Å². The van der Waals surface area contributed by atoms with E-state index in [1.165, 1.54) is 0 Å². The maximum atomic E-state index is 12.8. The van der Waals surface area contributed by atoms with Crippen LogP contribution in [0.25, 0.3) is 0 Å². The van der Waals surface area contributed by atoms with Crippen LogP contribution in [0.1, 0.15) is 17.6 Å². The Morgan fingerprint density at radius 2 is 2.21 bits per heavy atom. The maximum absolute atomic E-state index is 12.8. The number of hydrogen-bond acceptors (Lipinski definition) is 2. The molecule has 1 heterocycles. The maximum Gasteiger partial charge on any atom is 0.269 e. The highest BCUT2D eigenvalue weighted by molar-refractivity contribution is 9.10. The molecule has 0 saturated heterocycles. The first kappa shape index (κ1) is 11.0. The molecule has 0 bridgehead atoms. The van der Waals surface area contributed by atoms with Crippen molar-refractivity contribution in [1.82, 2.24) is 4.98 Å². The highest BCUT2D eigenvalue weighted by Gasteiger charge is 2.20. The normalized spacial score (nSPS) is 10.3. The molecule has 0 aliphatic carbocycles. The molecular formula is C8H4BrF3N2. The zero-order chi connectivity index (χ0) is 10.7. The van der Waals surface area contributed by atoms with Crippen LogP contribution in [0.2, 0.25) is 0 Å². The number of halogens is 4. The van der Waals surface area contributed by atoms with E-state index >= 15 is 0 Å². The summed E-state index contributed by atoms with van der Waals surface area (Å²) in [5, 5.41) is 8.36. The summed E-state index contributed by atoms with van der Waals surface area (Å²) >= 11 is 2.82. The van der Waals surface area contributed by atoms with Crippen LogP contribution in [0.4, 0.5) is 13.2 Å². The third-order valence-corrected chi connectivity index (χ3v) is 2.50. The number of rotatable bonds is 2. The molecule has 0 radical (unpaired) electrons. The number of nitrogens with zero attached hydrogens (tertiary/aromatic N) is 2. The third-order valence-electron chi connectivity index (χ3n) is 1.56. The van der Waals surface area contributed by atoms with Crippen molar-refractivity contribution in [1.29, 1.82) is 5.26 Å². The van der Waals surface area contributed by atoms with Gasteiger partial charge in [-0.3, -0.25) is 0 Å². The fourth-order valence-electron chi connectivity index (χ4n) is 0.919. The fourth-order valence-corrected chi connectivity index (χ4v) is 1.50. The van der Waals surface area contributed by atoms with Gasteiger partial charge in [0.05, 0.1) is 18.1 Å². The second-order valence-electron chi connectivity index (χ2n) is 2.44. The first-order chi connectivity index (χ1) is 6.57. The molecule has 0 amide bonds. The van der Waals surface area contributed by atoms with Crippen LogP contribution in [-0.4, -0.2) is 4.98 Å². The first-order valence-electron chi connectivity index (χ1n) is 3.55. The monoisotopic (exact) mass is 264 g/mol. The van der Waals surface area contributed by atoms with Gasteiger partial charge in [-0.1, -0.05) is 0 Å². The van der Waals surface area contributed by atoms with Gasteiger partial charge in [0.25, 0.3) is 6.43 Å². The van der Waals surface area contributed by atoms with Gasteiger partial charge in [0, 0.05) is 10.7 Å². The van der Waals surface area contributed by atoms with Gasteiger partial charge < -0.3 is 0 Å². The lowest BCUT2D eigenvalue weighted by molar-refractivity contribution is 0.144. The van der Waals surface area contributed by atoms with Crippen molar-refractivity contribution in [3.05, 3.63) is 27.7 Å². The standard InChI is InChI=1S/C8H4BrF3N2/c9-6-4(1-2-13)3-14-8(12)5(6)7(10)11/h3,7H,1H2. The minimum atomic E-state index is -2.95. The molecule has 14 heavy (non-hydrogen) atoms. The summed E-state index contributed by atoms with van der Waals surface area (Å²) in [6, 6.07) is 1.77. The molecule has 0 aromatic carbocycles. The van der Waals surface area contributed by atoms with Gasteiger partial charge in [0.2, 0.25) is 5.95 Å². The lowest BCUT2D eigenvalue weighted by atomic mass is 10.1. The highest BCUT2D eigenvalue weighted by Crippen LogP contribution is 2.31. The molecule has 0 unspecified atom stereocenters. The third kappa shape index (κ3) is 2.04. The van der Waals surface area contributed by atoms with Gasteiger partial charge in [0.1, 0.15) is 0 Å². The Hall–Kier alpha value is -1.09. The summed E-state index contributed by atoms with van der Waals surface area (Å²) in [6.07, 6.45) is -1.97. The molecule has 2 nitrogen and oxygen atoms in total. The van der Waals surface area contributed by atoms with Crippen LogP contribution in [0.15, 0.2) is 10.7 Å². The molecule has 1 rings (SSSR count). The Bertz CT molecular complexity index is 387. The second-order valence-corrected chi connectivity index (χ2v) is 3.23. The summed E-state index contributed by atoms with van der Waals surface area (Å²) in [5.74, 6) is -1.21. The molecule has 0 aliphatic rings.